The Bertz CT molecular complexity index is 538. The number of benzene rings is 1. The molecule has 1 fully saturated rings. The number of piperidine rings is 1. The third-order valence-electron chi connectivity index (χ3n) is 3.56. The van der Waals surface area contributed by atoms with E-state index in [1.807, 2.05) is 24.3 Å². The molecule has 0 saturated carbocycles. The smallest absolute Gasteiger partial charge is 0.232 e. The third-order valence-corrected chi connectivity index (χ3v) is 3.56. The van der Waals surface area contributed by atoms with Crippen molar-refractivity contribution in [2.24, 2.45) is 0 Å². The first-order valence-corrected chi connectivity index (χ1v) is 7.00. The Morgan fingerprint density at radius 3 is 2.95 bits per heavy atom. The lowest BCUT2D eigenvalue weighted by atomic mass is 10.0. The number of para-hydroxylation sites is 2. The van der Waals surface area contributed by atoms with Crippen molar-refractivity contribution in [1.29, 1.82) is 0 Å². The summed E-state index contributed by atoms with van der Waals surface area (Å²) >= 11 is 0. The maximum Gasteiger partial charge on any atom is 0.232 e. The van der Waals surface area contributed by atoms with Crippen molar-refractivity contribution >= 4 is 11.0 Å². The number of nitrogens with one attached hydrogen (secondary N) is 1. The number of fused-ring (bicyclic) bond motifs is 1. The SMILES string of the molecule is c1ccc2nc(OCC[C@@H]3CCCCN3)cnc2c1. The highest BCUT2D eigenvalue weighted by Gasteiger charge is 2.12. The van der Waals surface area contributed by atoms with E-state index in [1.165, 1.54) is 19.3 Å². The lowest BCUT2D eigenvalue weighted by Gasteiger charge is -2.23. The normalized spacial score (nSPS) is 19.5. The highest BCUT2D eigenvalue weighted by Crippen LogP contribution is 2.14. The van der Waals surface area contributed by atoms with Gasteiger partial charge in [0.2, 0.25) is 5.88 Å². The summed E-state index contributed by atoms with van der Waals surface area (Å²) in [6.45, 7) is 1.84. The third kappa shape index (κ3) is 3.20. The molecule has 1 aromatic heterocycles. The summed E-state index contributed by atoms with van der Waals surface area (Å²) in [5.74, 6) is 0.620. The summed E-state index contributed by atoms with van der Waals surface area (Å²) in [6, 6.07) is 8.44. The molecular weight excluding hydrogens is 238 g/mol. The first-order chi connectivity index (χ1) is 9.42. The highest BCUT2D eigenvalue weighted by molar-refractivity contribution is 5.73. The van der Waals surface area contributed by atoms with Gasteiger partial charge in [-0.15, -0.1) is 0 Å². The first kappa shape index (κ1) is 12.4. The van der Waals surface area contributed by atoms with Gasteiger partial charge in [-0.25, -0.2) is 9.97 Å². The average molecular weight is 257 g/mol. The van der Waals surface area contributed by atoms with E-state index in [4.69, 9.17) is 4.74 Å². The fourth-order valence-corrected chi connectivity index (χ4v) is 2.49. The van der Waals surface area contributed by atoms with Crippen molar-refractivity contribution in [1.82, 2.24) is 15.3 Å². The van der Waals surface area contributed by atoms with Crippen LogP contribution in [0.15, 0.2) is 30.5 Å². The second kappa shape index (κ2) is 5.97. The predicted octanol–water partition coefficient (Wildman–Crippen LogP) is 2.54. The summed E-state index contributed by atoms with van der Waals surface area (Å²) in [4.78, 5) is 8.80. The first-order valence-electron chi connectivity index (χ1n) is 7.00. The molecule has 19 heavy (non-hydrogen) atoms. The van der Waals surface area contributed by atoms with E-state index in [1.54, 1.807) is 6.20 Å². The van der Waals surface area contributed by atoms with E-state index in [0.717, 1.165) is 24.0 Å². The molecule has 1 atom stereocenters. The molecule has 3 rings (SSSR count). The molecule has 4 nitrogen and oxygen atoms in total. The molecule has 4 heteroatoms. The molecule has 0 bridgehead atoms. The van der Waals surface area contributed by atoms with Gasteiger partial charge < -0.3 is 10.1 Å². The largest absolute Gasteiger partial charge is 0.476 e. The number of ether oxygens (including phenoxy) is 1. The topological polar surface area (TPSA) is 47.0 Å². The van der Waals surface area contributed by atoms with Crippen LogP contribution in [0.3, 0.4) is 0 Å². The van der Waals surface area contributed by atoms with E-state index >= 15 is 0 Å². The average Bonchev–Trinajstić information content (AvgIpc) is 2.48. The van der Waals surface area contributed by atoms with Crippen LogP contribution in [0.5, 0.6) is 5.88 Å². The molecule has 0 unspecified atom stereocenters. The molecule has 0 amide bonds. The van der Waals surface area contributed by atoms with Crippen LogP contribution < -0.4 is 10.1 Å². The van der Waals surface area contributed by atoms with E-state index < -0.39 is 0 Å². The molecular formula is C15H19N3O. The zero-order chi connectivity index (χ0) is 12.9. The number of rotatable bonds is 4. The van der Waals surface area contributed by atoms with Crippen LogP contribution >= 0.6 is 0 Å². The van der Waals surface area contributed by atoms with E-state index in [-0.39, 0.29) is 0 Å². The maximum atomic E-state index is 5.70. The second-order valence-corrected chi connectivity index (χ2v) is 4.98. The van der Waals surface area contributed by atoms with Gasteiger partial charge >= 0.3 is 0 Å². The van der Waals surface area contributed by atoms with Gasteiger partial charge in [-0.1, -0.05) is 18.6 Å². The zero-order valence-corrected chi connectivity index (χ0v) is 11.0. The number of hydrogen-bond acceptors (Lipinski definition) is 4. The zero-order valence-electron chi connectivity index (χ0n) is 11.0. The quantitative estimate of drug-likeness (QED) is 0.914. The second-order valence-electron chi connectivity index (χ2n) is 4.98. The Morgan fingerprint density at radius 1 is 1.21 bits per heavy atom. The molecule has 2 aromatic rings. The minimum atomic E-state index is 0.599. The van der Waals surface area contributed by atoms with Crippen LogP contribution in [0.4, 0.5) is 0 Å². The molecule has 0 radical (unpaired) electrons. The Labute approximate surface area is 113 Å². The summed E-state index contributed by atoms with van der Waals surface area (Å²) in [5, 5.41) is 3.52. The molecule has 1 saturated heterocycles. The van der Waals surface area contributed by atoms with Gasteiger partial charge in [-0.3, -0.25) is 0 Å². The minimum absolute atomic E-state index is 0.599. The van der Waals surface area contributed by atoms with Gasteiger partial charge in [0.1, 0.15) is 0 Å². The molecule has 2 heterocycles. The van der Waals surface area contributed by atoms with Crippen molar-refractivity contribution in [3.63, 3.8) is 0 Å². The monoisotopic (exact) mass is 257 g/mol. The van der Waals surface area contributed by atoms with Crippen molar-refractivity contribution in [3.05, 3.63) is 30.5 Å². The Morgan fingerprint density at radius 2 is 2.11 bits per heavy atom. The highest BCUT2D eigenvalue weighted by atomic mass is 16.5. The van der Waals surface area contributed by atoms with E-state index in [9.17, 15) is 0 Å². The summed E-state index contributed by atoms with van der Waals surface area (Å²) in [5.41, 5.74) is 1.79. The lowest BCUT2D eigenvalue weighted by molar-refractivity contribution is 0.260. The maximum absolute atomic E-state index is 5.70. The predicted molar refractivity (Wildman–Crippen MR) is 75.3 cm³/mol. The number of nitrogens with zero attached hydrogens (tertiary/aromatic N) is 2. The van der Waals surface area contributed by atoms with Crippen LogP contribution in [-0.4, -0.2) is 29.2 Å². The van der Waals surface area contributed by atoms with Crippen molar-refractivity contribution in [2.75, 3.05) is 13.2 Å². The van der Waals surface area contributed by atoms with Gasteiger partial charge in [0, 0.05) is 6.04 Å². The van der Waals surface area contributed by atoms with Crippen LogP contribution in [-0.2, 0) is 0 Å². The Balaban J connectivity index is 1.56. The molecule has 1 aliphatic rings. The van der Waals surface area contributed by atoms with Crippen molar-refractivity contribution in [2.45, 2.75) is 31.7 Å². The summed E-state index contributed by atoms with van der Waals surface area (Å²) < 4.78 is 5.70. The van der Waals surface area contributed by atoms with Crippen LogP contribution in [0.2, 0.25) is 0 Å². The summed E-state index contributed by atoms with van der Waals surface area (Å²) in [6.07, 6.45) is 6.62. The molecule has 100 valence electrons. The number of aromatic nitrogens is 2. The standard InChI is InChI=1S/C15H19N3O/c1-2-7-14-13(6-1)17-11-15(18-14)19-10-8-12-5-3-4-9-16-12/h1-2,6-7,11-12,16H,3-5,8-10H2/t12-/m0/s1. The molecule has 1 aromatic carbocycles. The Kier molecular flexibility index (Phi) is 3.89. The molecule has 1 aliphatic heterocycles. The van der Waals surface area contributed by atoms with Gasteiger partial charge in [-0.2, -0.15) is 0 Å². The number of hydrogen-bond donors (Lipinski definition) is 1. The van der Waals surface area contributed by atoms with Crippen molar-refractivity contribution < 1.29 is 4.74 Å². The van der Waals surface area contributed by atoms with Gasteiger partial charge in [0.15, 0.2) is 0 Å². The lowest BCUT2D eigenvalue weighted by Crippen LogP contribution is -2.35. The molecule has 0 spiro atoms. The van der Waals surface area contributed by atoms with Crippen LogP contribution in [0.1, 0.15) is 25.7 Å². The fourth-order valence-electron chi connectivity index (χ4n) is 2.49. The van der Waals surface area contributed by atoms with Gasteiger partial charge in [0.25, 0.3) is 0 Å². The van der Waals surface area contributed by atoms with Gasteiger partial charge in [-0.05, 0) is 37.9 Å². The van der Waals surface area contributed by atoms with Crippen LogP contribution in [0.25, 0.3) is 11.0 Å². The van der Waals surface area contributed by atoms with Gasteiger partial charge in [0.05, 0.1) is 23.8 Å². The fraction of sp³-hybridized carbons (Fsp3) is 0.467. The molecule has 0 aliphatic carbocycles. The minimum Gasteiger partial charge on any atom is -0.476 e. The summed E-state index contributed by atoms with van der Waals surface area (Å²) in [7, 11) is 0. The molecule has 1 N–H and O–H groups in total. The van der Waals surface area contributed by atoms with E-state index in [2.05, 4.69) is 15.3 Å². The Hall–Kier alpha value is -1.68. The van der Waals surface area contributed by atoms with Crippen molar-refractivity contribution in [3.8, 4) is 5.88 Å². The van der Waals surface area contributed by atoms with Crippen LogP contribution in [0, 0.1) is 0 Å². The van der Waals surface area contributed by atoms with E-state index in [0.29, 0.717) is 18.5 Å².